The van der Waals surface area contributed by atoms with Crippen LogP contribution in [0.25, 0.3) is 0 Å². The minimum Gasteiger partial charge on any atom is -0.298 e. The van der Waals surface area contributed by atoms with E-state index in [2.05, 4.69) is 17.5 Å². The Morgan fingerprint density at radius 1 is 1.44 bits per heavy atom. The maximum atomic E-state index is 10.5. The molecule has 1 aliphatic heterocycles. The van der Waals surface area contributed by atoms with Crippen molar-refractivity contribution in [1.82, 2.24) is 4.90 Å². The maximum Gasteiger partial charge on any atom is 0.269 e. The first-order valence-corrected chi connectivity index (χ1v) is 5.80. The molecule has 2 rings (SSSR count). The second-order valence-corrected chi connectivity index (χ2v) is 4.83. The summed E-state index contributed by atoms with van der Waals surface area (Å²) in [5.41, 5.74) is 1.27. The summed E-state index contributed by atoms with van der Waals surface area (Å²) in [5.74, 6) is 0. The van der Waals surface area contributed by atoms with Gasteiger partial charge in [-0.1, -0.05) is 12.1 Å². The van der Waals surface area contributed by atoms with E-state index >= 15 is 0 Å². The van der Waals surface area contributed by atoms with E-state index in [0.29, 0.717) is 5.25 Å². The zero-order chi connectivity index (χ0) is 11.5. The Morgan fingerprint density at radius 2 is 2.12 bits per heavy atom. The summed E-state index contributed by atoms with van der Waals surface area (Å²) < 4.78 is 0. The van der Waals surface area contributed by atoms with Crippen molar-refractivity contribution in [3.05, 3.63) is 39.9 Å². The summed E-state index contributed by atoms with van der Waals surface area (Å²) in [7, 11) is 0. The first-order chi connectivity index (χ1) is 7.65. The van der Waals surface area contributed by atoms with Crippen LogP contribution in [0.3, 0.4) is 0 Å². The molecule has 1 aromatic carbocycles. The number of hydrogen-bond donors (Lipinski definition) is 1. The molecule has 0 aliphatic carbocycles. The van der Waals surface area contributed by atoms with Gasteiger partial charge in [0.1, 0.15) is 0 Å². The minimum absolute atomic E-state index is 0.150. The molecule has 1 aromatic rings. The molecule has 1 heterocycles. The Kier molecular flexibility index (Phi) is 3.46. The van der Waals surface area contributed by atoms with E-state index in [9.17, 15) is 10.1 Å². The minimum atomic E-state index is -0.372. The van der Waals surface area contributed by atoms with Gasteiger partial charge in [0.15, 0.2) is 0 Å². The molecule has 0 aromatic heterocycles. The highest BCUT2D eigenvalue weighted by atomic mass is 32.1. The number of hydrogen-bond acceptors (Lipinski definition) is 4. The Balaban J connectivity index is 1.97. The van der Waals surface area contributed by atoms with Crippen LogP contribution in [0.5, 0.6) is 0 Å². The number of rotatable bonds is 3. The van der Waals surface area contributed by atoms with E-state index in [1.807, 2.05) is 12.1 Å². The fourth-order valence-corrected chi connectivity index (χ4v) is 2.28. The quantitative estimate of drug-likeness (QED) is 0.498. The van der Waals surface area contributed by atoms with Crippen molar-refractivity contribution in [2.75, 3.05) is 13.1 Å². The zero-order valence-corrected chi connectivity index (χ0v) is 9.77. The topological polar surface area (TPSA) is 46.4 Å². The van der Waals surface area contributed by atoms with Gasteiger partial charge in [-0.2, -0.15) is 12.6 Å². The molecule has 1 atom stereocenters. The van der Waals surface area contributed by atoms with Gasteiger partial charge in [-0.05, 0) is 18.5 Å². The van der Waals surface area contributed by atoms with Gasteiger partial charge in [0.25, 0.3) is 5.69 Å². The maximum absolute atomic E-state index is 10.5. The van der Waals surface area contributed by atoms with E-state index in [1.54, 1.807) is 12.1 Å². The first-order valence-electron chi connectivity index (χ1n) is 5.29. The lowest BCUT2D eigenvalue weighted by molar-refractivity contribution is -0.384. The van der Waals surface area contributed by atoms with Crippen LogP contribution >= 0.6 is 12.6 Å². The van der Waals surface area contributed by atoms with Gasteiger partial charge in [-0.15, -0.1) is 0 Å². The molecule has 1 aliphatic rings. The van der Waals surface area contributed by atoms with Crippen LogP contribution < -0.4 is 0 Å². The monoisotopic (exact) mass is 238 g/mol. The van der Waals surface area contributed by atoms with E-state index in [1.165, 1.54) is 0 Å². The average molecular weight is 238 g/mol. The summed E-state index contributed by atoms with van der Waals surface area (Å²) >= 11 is 4.43. The van der Waals surface area contributed by atoms with Crippen LogP contribution in [0.15, 0.2) is 24.3 Å². The third kappa shape index (κ3) is 2.74. The molecule has 5 heteroatoms. The number of nitro groups is 1. The van der Waals surface area contributed by atoms with Gasteiger partial charge in [-0.25, -0.2) is 0 Å². The molecule has 0 unspecified atom stereocenters. The number of thiol groups is 1. The number of benzene rings is 1. The fraction of sp³-hybridized carbons (Fsp3) is 0.455. The normalized spacial score (nSPS) is 21.2. The molecular weight excluding hydrogens is 224 g/mol. The van der Waals surface area contributed by atoms with Gasteiger partial charge in [0.05, 0.1) is 4.92 Å². The van der Waals surface area contributed by atoms with Crippen molar-refractivity contribution in [3.8, 4) is 0 Å². The van der Waals surface area contributed by atoms with Crippen LogP contribution in [0.1, 0.15) is 12.0 Å². The highest BCUT2D eigenvalue weighted by molar-refractivity contribution is 7.81. The molecule has 1 saturated heterocycles. The second-order valence-electron chi connectivity index (χ2n) is 4.10. The highest BCUT2D eigenvalue weighted by Crippen LogP contribution is 2.18. The lowest BCUT2D eigenvalue weighted by atomic mass is 10.2. The van der Waals surface area contributed by atoms with Crippen LogP contribution in [0.4, 0.5) is 5.69 Å². The first kappa shape index (κ1) is 11.4. The zero-order valence-electron chi connectivity index (χ0n) is 8.87. The third-order valence-electron chi connectivity index (χ3n) is 2.80. The van der Waals surface area contributed by atoms with E-state index in [-0.39, 0.29) is 10.6 Å². The van der Waals surface area contributed by atoms with Gasteiger partial charge in [0, 0.05) is 30.5 Å². The predicted molar refractivity (Wildman–Crippen MR) is 65.8 cm³/mol. The molecule has 16 heavy (non-hydrogen) atoms. The lowest BCUT2D eigenvalue weighted by Crippen LogP contribution is -2.20. The van der Waals surface area contributed by atoms with E-state index in [0.717, 1.165) is 31.6 Å². The number of nitro benzene ring substituents is 1. The van der Waals surface area contributed by atoms with Gasteiger partial charge >= 0.3 is 0 Å². The molecule has 86 valence electrons. The lowest BCUT2D eigenvalue weighted by Gasteiger charge is -2.14. The Labute approximate surface area is 99.8 Å². The summed E-state index contributed by atoms with van der Waals surface area (Å²) in [6, 6.07) is 6.77. The molecule has 4 nitrogen and oxygen atoms in total. The Morgan fingerprint density at radius 3 is 2.62 bits per heavy atom. The summed E-state index contributed by atoms with van der Waals surface area (Å²) in [6.07, 6.45) is 1.12. The number of nitrogens with zero attached hydrogens (tertiary/aromatic N) is 2. The largest absolute Gasteiger partial charge is 0.298 e. The van der Waals surface area contributed by atoms with Crippen molar-refractivity contribution in [2.45, 2.75) is 18.2 Å². The third-order valence-corrected chi connectivity index (χ3v) is 3.22. The molecule has 1 fully saturated rings. The van der Waals surface area contributed by atoms with E-state index < -0.39 is 0 Å². The smallest absolute Gasteiger partial charge is 0.269 e. The van der Waals surface area contributed by atoms with E-state index in [4.69, 9.17) is 0 Å². The van der Waals surface area contributed by atoms with Crippen molar-refractivity contribution < 1.29 is 4.92 Å². The standard InChI is InChI=1S/C11H14N2O2S/c14-13(15)10-3-1-9(2-4-10)7-12-6-5-11(16)8-12/h1-4,11,16H,5-8H2/t11-/m1/s1. The van der Waals surface area contributed by atoms with Crippen molar-refractivity contribution in [3.63, 3.8) is 0 Å². The molecule has 0 saturated carbocycles. The SMILES string of the molecule is O=[N+]([O-])c1ccc(CN2CC[C@@H](S)C2)cc1. The molecule has 0 N–H and O–H groups in total. The number of non-ortho nitro benzene ring substituents is 1. The Hall–Kier alpha value is -1.07. The Bertz CT molecular complexity index is 380. The van der Waals surface area contributed by atoms with Gasteiger partial charge < -0.3 is 0 Å². The fourth-order valence-electron chi connectivity index (χ4n) is 1.94. The molecule has 0 amide bonds. The number of likely N-dealkylation sites (tertiary alicyclic amines) is 1. The van der Waals surface area contributed by atoms with Crippen molar-refractivity contribution in [1.29, 1.82) is 0 Å². The molecule has 0 bridgehead atoms. The van der Waals surface area contributed by atoms with Crippen molar-refractivity contribution in [2.24, 2.45) is 0 Å². The van der Waals surface area contributed by atoms with Crippen LogP contribution in [0.2, 0.25) is 0 Å². The summed E-state index contributed by atoms with van der Waals surface area (Å²) in [6.45, 7) is 2.92. The highest BCUT2D eigenvalue weighted by Gasteiger charge is 2.19. The summed E-state index contributed by atoms with van der Waals surface area (Å²) in [5, 5.41) is 11.0. The average Bonchev–Trinajstić information content (AvgIpc) is 2.65. The van der Waals surface area contributed by atoms with Crippen LogP contribution in [0, 0.1) is 10.1 Å². The van der Waals surface area contributed by atoms with Gasteiger partial charge in [0.2, 0.25) is 0 Å². The molecule has 0 radical (unpaired) electrons. The van der Waals surface area contributed by atoms with Crippen LogP contribution in [-0.2, 0) is 6.54 Å². The molecular formula is C11H14N2O2S. The second kappa shape index (κ2) is 4.84. The van der Waals surface area contributed by atoms with Crippen LogP contribution in [-0.4, -0.2) is 28.2 Å². The summed E-state index contributed by atoms with van der Waals surface area (Å²) in [4.78, 5) is 12.4. The molecule has 0 spiro atoms. The predicted octanol–water partition coefficient (Wildman–Crippen LogP) is 2.10. The van der Waals surface area contributed by atoms with Crippen molar-refractivity contribution >= 4 is 18.3 Å². The van der Waals surface area contributed by atoms with Gasteiger partial charge in [-0.3, -0.25) is 15.0 Å².